The predicted octanol–water partition coefficient (Wildman–Crippen LogP) is 2.12. The van der Waals surface area contributed by atoms with Crippen LogP contribution in [0.3, 0.4) is 0 Å². The molecule has 0 spiro atoms. The molecule has 0 saturated carbocycles. The van der Waals surface area contributed by atoms with Crippen molar-refractivity contribution >= 4 is 5.97 Å². The summed E-state index contributed by atoms with van der Waals surface area (Å²) < 4.78 is 26.4. The zero-order valence-electron chi connectivity index (χ0n) is 17.4. The van der Waals surface area contributed by atoms with Crippen molar-refractivity contribution in [2.45, 2.75) is 18.4 Å². The van der Waals surface area contributed by atoms with Crippen LogP contribution in [0.4, 0.5) is 0 Å². The number of hydrogen-bond acceptors (Lipinski definition) is 8. The van der Waals surface area contributed by atoms with Gasteiger partial charge < -0.3 is 33.9 Å². The van der Waals surface area contributed by atoms with E-state index in [2.05, 4.69) is 0 Å². The number of aliphatic hydroxyl groups is 1. The fourth-order valence-corrected chi connectivity index (χ4v) is 3.73. The Morgan fingerprint density at radius 3 is 2.13 bits per heavy atom. The second-order valence-electron chi connectivity index (χ2n) is 7.14. The summed E-state index contributed by atoms with van der Waals surface area (Å²) in [5.74, 6) is 0.529. The maximum Gasteiger partial charge on any atom is 0.338 e. The summed E-state index contributed by atoms with van der Waals surface area (Å²) in [5, 5.41) is 21.0. The highest BCUT2D eigenvalue weighted by atomic mass is 16.6. The Balaban J connectivity index is 1.89. The van der Waals surface area contributed by atoms with Gasteiger partial charge in [-0.25, -0.2) is 4.79 Å². The molecule has 162 valence electrons. The van der Waals surface area contributed by atoms with E-state index in [9.17, 15) is 15.0 Å². The number of aromatic hydroxyl groups is 1. The van der Waals surface area contributed by atoms with E-state index in [4.69, 9.17) is 23.7 Å². The second kappa shape index (κ2) is 8.71. The highest BCUT2D eigenvalue weighted by molar-refractivity contribution is 5.82. The summed E-state index contributed by atoms with van der Waals surface area (Å²) in [5.41, 5.74) is -0.280. The maximum absolute atomic E-state index is 12.4. The second-order valence-corrected chi connectivity index (χ2v) is 7.14. The molecule has 8 heteroatoms. The van der Waals surface area contributed by atoms with Crippen molar-refractivity contribution in [1.29, 1.82) is 0 Å². The molecule has 2 unspecified atom stereocenters. The lowest BCUT2D eigenvalue weighted by atomic mass is 9.80. The molecule has 8 nitrogen and oxygen atoms in total. The van der Waals surface area contributed by atoms with E-state index < -0.39 is 17.5 Å². The number of phenols is 1. The SMILES string of the molecule is COc1cc(CC2(O)C(=O)OCC2Cc2cc(OC)c(OC)c(OC)c2)ccc1O. The first kappa shape index (κ1) is 21.6. The van der Waals surface area contributed by atoms with Gasteiger partial charge in [0.15, 0.2) is 28.6 Å². The minimum absolute atomic E-state index is 0.0174. The van der Waals surface area contributed by atoms with Crippen molar-refractivity contribution < 1.29 is 38.7 Å². The molecule has 1 aliphatic rings. The minimum atomic E-state index is -1.72. The van der Waals surface area contributed by atoms with Crippen molar-refractivity contribution in [1.82, 2.24) is 0 Å². The van der Waals surface area contributed by atoms with Gasteiger partial charge in [-0.2, -0.15) is 0 Å². The van der Waals surface area contributed by atoms with Gasteiger partial charge in [-0.1, -0.05) is 6.07 Å². The minimum Gasteiger partial charge on any atom is -0.504 e. The molecule has 2 atom stereocenters. The molecule has 0 aromatic heterocycles. The fourth-order valence-electron chi connectivity index (χ4n) is 3.73. The van der Waals surface area contributed by atoms with E-state index in [0.29, 0.717) is 29.2 Å². The van der Waals surface area contributed by atoms with Gasteiger partial charge in [0.1, 0.15) is 0 Å². The molecule has 0 radical (unpaired) electrons. The number of carbonyl (C=O) groups is 1. The number of ether oxygens (including phenoxy) is 5. The molecule has 1 saturated heterocycles. The Hall–Kier alpha value is -3.13. The highest BCUT2D eigenvalue weighted by Gasteiger charge is 2.51. The van der Waals surface area contributed by atoms with Crippen molar-refractivity contribution in [2.24, 2.45) is 5.92 Å². The third-order valence-corrected chi connectivity index (χ3v) is 5.37. The van der Waals surface area contributed by atoms with Crippen LogP contribution in [-0.4, -0.2) is 56.8 Å². The third kappa shape index (κ3) is 3.95. The number of methoxy groups -OCH3 is 4. The van der Waals surface area contributed by atoms with Gasteiger partial charge in [0.25, 0.3) is 0 Å². The first-order valence-electron chi connectivity index (χ1n) is 9.40. The number of hydrogen-bond donors (Lipinski definition) is 2. The largest absolute Gasteiger partial charge is 0.504 e. The zero-order chi connectivity index (χ0) is 21.9. The predicted molar refractivity (Wildman–Crippen MR) is 108 cm³/mol. The molecule has 2 N–H and O–H groups in total. The van der Waals surface area contributed by atoms with Crippen molar-refractivity contribution in [2.75, 3.05) is 35.0 Å². The molecule has 2 aromatic rings. The summed E-state index contributed by atoms with van der Waals surface area (Å²) in [6.45, 7) is 0.0845. The molecule has 1 aliphatic heterocycles. The Morgan fingerprint density at radius 2 is 1.57 bits per heavy atom. The molecule has 1 heterocycles. The smallest absolute Gasteiger partial charge is 0.338 e. The van der Waals surface area contributed by atoms with E-state index in [1.54, 1.807) is 24.3 Å². The van der Waals surface area contributed by atoms with E-state index in [0.717, 1.165) is 5.56 Å². The van der Waals surface area contributed by atoms with Crippen LogP contribution in [-0.2, 0) is 22.4 Å². The lowest BCUT2D eigenvalue weighted by molar-refractivity contribution is -0.154. The Bertz CT molecular complexity index is 900. The summed E-state index contributed by atoms with van der Waals surface area (Å²) in [4.78, 5) is 12.4. The molecule has 1 fully saturated rings. The third-order valence-electron chi connectivity index (χ3n) is 5.37. The Labute approximate surface area is 174 Å². The normalized spacial score (nSPS) is 20.6. The first-order chi connectivity index (χ1) is 14.4. The number of rotatable bonds is 8. The fraction of sp³-hybridized carbons (Fsp3) is 0.409. The molecular formula is C22H26O8. The summed E-state index contributed by atoms with van der Waals surface area (Å²) in [7, 11) is 6.01. The van der Waals surface area contributed by atoms with E-state index in [1.807, 2.05) is 0 Å². The average molecular weight is 418 g/mol. The molecule has 0 aliphatic carbocycles. The molecule has 0 amide bonds. The van der Waals surface area contributed by atoms with E-state index in [-0.39, 0.29) is 24.5 Å². The lowest BCUT2D eigenvalue weighted by Crippen LogP contribution is -2.44. The van der Waals surface area contributed by atoms with Crippen molar-refractivity contribution in [3.63, 3.8) is 0 Å². The van der Waals surface area contributed by atoms with Crippen LogP contribution in [0.25, 0.3) is 0 Å². The van der Waals surface area contributed by atoms with Gasteiger partial charge in [-0.05, 0) is 41.8 Å². The standard InChI is InChI=1S/C22H26O8/c1-26-17-8-13(5-6-16(17)23)11-22(25)15(12-30-21(22)24)7-14-9-18(27-2)20(29-4)19(10-14)28-3/h5-6,8-10,15,23,25H,7,11-12H2,1-4H3. The van der Waals surface area contributed by atoms with Crippen molar-refractivity contribution in [3.8, 4) is 28.7 Å². The lowest BCUT2D eigenvalue weighted by Gasteiger charge is -2.26. The quantitative estimate of drug-likeness (QED) is 0.629. The van der Waals surface area contributed by atoms with Crippen LogP contribution in [0.15, 0.2) is 30.3 Å². The number of benzene rings is 2. The number of carbonyl (C=O) groups excluding carboxylic acids is 1. The van der Waals surface area contributed by atoms with Gasteiger partial charge in [0, 0.05) is 12.3 Å². The van der Waals surface area contributed by atoms with Crippen molar-refractivity contribution in [3.05, 3.63) is 41.5 Å². The molecule has 2 aromatic carbocycles. The number of cyclic esters (lactones) is 1. The Kier molecular flexibility index (Phi) is 6.26. The highest BCUT2D eigenvalue weighted by Crippen LogP contribution is 2.41. The van der Waals surface area contributed by atoms with Crippen LogP contribution in [0.5, 0.6) is 28.7 Å². The van der Waals surface area contributed by atoms with Gasteiger partial charge in [-0.3, -0.25) is 0 Å². The van der Waals surface area contributed by atoms with Crippen LogP contribution < -0.4 is 18.9 Å². The van der Waals surface area contributed by atoms with Gasteiger partial charge in [0.05, 0.1) is 35.0 Å². The molecule has 3 rings (SSSR count). The Morgan fingerprint density at radius 1 is 0.967 bits per heavy atom. The molecule has 0 bridgehead atoms. The summed E-state index contributed by atoms with van der Waals surface area (Å²) in [6, 6.07) is 8.27. The number of phenolic OH excluding ortho intramolecular Hbond substituents is 1. The molecule has 30 heavy (non-hydrogen) atoms. The first-order valence-corrected chi connectivity index (χ1v) is 9.40. The van der Waals surface area contributed by atoms with E-state index in [1.165, 1.54) is 34.5 Å². The monoisotopic (exact) mass is 418 g/mol. The van der Waals surface area contributed by atoms with Gasteiger partial charge >= 0.3 is 5.97 Å². The zero-order valence-corrected chi connectivity index (χ0v) is 17.4. The average Bonchev–Trinajstić information content (AvgIpc) is 3.02. The molecular weight excluding hydrogens is 392 g/mol. The van der Waals surface area contributed by atoms with Crippen LogP contribution >= 0.6 is 0 Å². The van der Waals surface area contributed by atoms with Crippen LogP contribution in [0.1, 0.15) is 11.1 Å². The van der Waals surface area contributed by atoms with E-state index >= 15 is 0 Å². The van der Waals surface area contributed by atoms with Crippen LogP contribution in [0.2, 0.25) is 0 Å². The van der Waals surface area contributed by atoms with Gasteiger partial charge in [-0.15, -0.1) is 0 Å². The summed E-state index contributed by atoms with van der Waals surface area (Å²) in [6.07, 6.45) is 0.381. The summed E-state index contributed by atoms with van der Waals surface area (Å²) >= 11 is 0. The number of esters is 1. The topological polar surface area (TPSA) is 104 Å². The maximum atomic E-state index is 12.4. The van der Waals surface area contributed by atoms with Gasteiger partial charge in [0.2, 0.25) is 5.75 Å². The van der Waals surface area contributed by atoms with Crippen LogP contribution in [0, 0.1) is 5.92 Å².